The van der Waals surface area contributed by atoms with E-state index in [4.69, 9.17) is 0 Å². The van der Waals surface area contributed by atoms with Crippen molar-refractivity contribution >= 4 is 40.0 Å². The second-order valence-corrected chi connectivity index (χ2v) is 8.63. The van der Waals surface area contributed by atoms with Gasteiger partial charge in [0.25, 0.3) is 0 Å². The third-order valence-electron chi connectivity index (χ3n) is 4.73. The van der Waals surface area contributed by atoms with Gasteiger partial charge < -0.3 is 10.6 Å². The number of hydrogen-bond donors (Lipinski definition) is 2. The first kappa shape index (κ1) is 25.3. The maximum absolute atomic E-state index is 12.7. The van der Waals surface area contributed by atoms with Gasteiger partial charge in [0.1, 0.15) is 12.7 Å². The Hall–Kier alpha value is -1.94. The van der Waals surface area contributed by atoms with E-state index in [0.29, 0.717) is 16.8 Å². The van der Waals surface area contributed by atoms with E-state index in [1.165, 1.54) is 6.33 Å². The Balaban J connectivity index is 0.00000341. The van der Waals surface area contributed by atoms with Gasteiger partial charge in [0, 0.05) is 32.7 Å². The highest BCUT2D eigenvalue weighted by atomic mass is 127. The molecule has 1 fully saturated rings. The van der Waals surface area contributed by atoms with Crippen LogP contribution in [0.2, 0.25) is 0 Å². The zero-order valence-corrected chi connectivity index (χ0v) is 19.7. The number of guanidine groups is 1. The van der Waals surface area contributed by atoms with Crippen LogP contribution in [0.25, 0.3) is 5.69 Å². The van der Waals surface area contributed by atoms with Crippen LogP contribution in [-0.2, 0) is 16.6 Å². The maximum Gasteiger partial charge on any atom is 0.511 e. The number of halogens is 4. The van der Waals surface area contributed by atoms with Crippen molar-refractivity contribution in [2.24, 2.45) is 4.99 Å². The lowest BCUT2D eigenvalue weighted by molar-refractivity contribution is -0.0494. The van der Waals surface area contributed by atoms with Gasteiger partial charge in [-0.25, -0.2) is 18.1 Å². The van der Waals surface area contributed by atoms with E-state index in [1.807, 2.05) is 24.3 Å². The van der Waals surface area contributed by atoms with Gasteiger partial charge in [0.2, 0.25) is 0 Å². The van der Waals surface area contributed by atoms with Crippen LogP contribution in [-0.4, -0.2) is 65.1 Å². The van der Waals surface area contributed by atoms with Crippen LogP contribution < -0.4 is 10.6 Å². The van der Waals surface area contributed by atoms with Crippen LogP contribution in [0.15, 0.2) is 41.9 Å². The van der Waals surface area contributed by atoms with E-state index in [0.717, 1.165) is 11.3 Å². The lowest BCUT2D eigenvalue weighted by Crippen LogP contribution is -2.51. The normalized spacial score (nSPS) is 16.6. The summed E-state index contributed by atoms with van der Waals surface area (Å²) in [5.41, 5.74) is -3.40. The third-order valence-corrected chi connectivity index (χ3v) is 6.36. The van der Waals surface area contributed by atoms with Crippen molar-refractivity contribution in [1.29, 1.82) is 0 Å². The van der Waals surface area contributed by atoms with Gasteiger partial charge in [-0.2, -0.15) is 22.6 Å². The van der Waals surface area contributed by atoms with Crippen molar-refractivity contribution in [3.05, 3.63) is 42.5 Å². The van der Waals surface area contributed by atoms with E-state index < -0.39 is 15.5 Å². The van der Waals surface area contributed by atoms with E-state index >= 15 is 0 Å². The molecule has 9 nitrogen and oxygen atoms in total. The van der Waals surface area contributed by atoms with Crippen LogP contribution in [0.5, 0.6) is 0 Å². The zero-order valence-electron chi connectivity index (χ0n) is 16.6. The van der Waals surface area contributed by atoms with Crippen LogP contribution >= 0.6 is 24.0 Å². The monoisotopic (exact) mass is 573 g/mol. The van der Waals surface area contributed by atoms with Crippen LogP contribution in [0.4, 0.5) is 13.2 Å². The summed E-state index contributed by atoms with van der Waals surface area (Å²) in [6, 6.07) is 7.48. The van der Waals surface area contributed by atoms with E-state index in [2.05, 4.69) is 25.7 Å². The van der Waals surface area contributed by atoms with E-state index in [9.17, 15) is 21.6 Å². The number of rotatable bonds is 5. The molecule has 0 radical (unpaired) electrons. The predicted molar refractivity (Wildman–Crippen MR) is 120 cm³/mol. The SMILES string of the molecule is CN=C(NCc1ccc(-n2cncn2)cc1)NC1CCN(S(=O)(=O)C(F)(F)F)CC1.I. The highest BCUT2D eigenvalue weighted by molar-refractivity contribution is 14.0. The topological polar surface area (TPSA) is 105 Å². The lowest BCUT2D eigenvalue weighted by atomic mass is 10.1. The summed E-state index contributed by atoms with van der Waals surface area (Å²) in [5.74, 6) is 0.493. The highest BCUT2D eigenvalue weighted by Crippen LogP contribution is 2.28. The molecule has 0 unspecified atom stereocenters. The summed E-state index contributed by atoms with van der Waals surface area (Å²) in [6.07, 6.45) is 3.56. The van der Waals surface area contributed by atoms with Gasteiger partial charge in [0.15, 0.2) is 5.96 Å². The number of aliphatic imine (C=N–C) groups is 1. The zero-order chi connectivity index (χ0) is 21.8. The molecular weight excluding hydrogens is 550 g/mol. The molecule has 14 heteroatoms. The standard InChI is InChI=1S/C17H22F3N7O2S.HI/c1-21-16(23-10-13-2-4-15(5-3-13)27-12-22-11-24-27)25-14-6-8-26(9-7-14)30(28,29)17(18,19)20;/h2-5,11-12,14H,6-10H2,1H3,(H2,21,23,25);1H. The predicted octanol–water partition coefficient (Wildman–Crippen LogP) is 1.86. The number of nitrogens with zero attached hydrogens (tertiary/aromatic N) is 5. The molecule has 0 aliphatic carbocycles. The number of nitrogens with one attached hydrogen (secondary N) is 2. The number of piperidine rings is 1. The second-order valence-electron chi connectivity index (χ2n) is 6.70. The number of hydrogen-bond acceptors (Lipinski definition) is 5. The van der Waals surface area contributed by atoms with Crippen molar-refractivity contribution in [3.63, 3.8) is 0 Å². The van der Waals surface area contributed by atoms with Crippen molar-refractivity contribution in [3.8, 4) is 5.69 Å². The number of sulfonamides is 1. The fourth-order valence-corrected chi connectivity index (χ4v) is 4.05. The quantitative estimate of drug-likeness (QED) is 0.322. The molecule has 31 heavy (non-hydrogen) atoms. The van der Waals surface area contributed by atoms with Crippen molar-refractivity contribution < 1.29 is 21.6 Å². The summed E-state index contributed by atoms with van der Waals surface area (Å²) >= 11 is 0. The molecule has 3 rings (SSSR count). The van der Waals surface area contributed by atoms with Crippen LogP contribution in [0.3, 0.4) is 0 Å². The minimum atomic E-state index is -5.27. The minimum absolute atomic E-state index is 0. The smallest absolute Gasteiger partial charge is 0.354 e. The van der Waals surface area contributed by atoms with Gasteiger partial charge in [0.05, 0.1) is 5.69 Å². The Kier molecular flexibility index (Phi) is 8.65. The Morgan fingerprint density at radius 1 is 1.23 bits per heavy atom. The first-order valence-corrected chi connectivity index (χ1v) is 10.6. The van der Waals surface area contributed by atoms with E-state index in [-0.39, 0.29) is 55.9 Å². The lowest BCUT2D eigenvalue weighted by Gasteiger charge is -2.32. The van der Waals surface area contributed by atoms with Crippen LogP contribution in [0, 0.1) is 0 Å². The first-order valence-electron chi connectivity index (χ1n) is 9.18. The average Bonchev–Trinajstić information content (AvgIpc) is 3.26. The maximum atomic E-state index is 12.7. The minimum Gasteiger partial charge on any atom is -0.354 e. The van der Waals surface area contributed by atoms with Gasteiger partial charge in [-0.3, -0.25) is 4.99 Å². The van der Waals surface area contributed by atoms with Crippen LogP contribution in [0.1, 0.15) is 18.4 Å². The van der Waals surface area contributed by atoms with Gasteiger partial charge in [-0.15, -0.1) is 24.0 Å². The molecule has 0 amide bonds. The van der Waals surface area contributed by atoms with Gasteiger partial charge >= 0.3 is 15.5 Å². The number of aromatic nitrogens is 3. The van der Waals surface area contributed by atoms with Gasteiger partial charge in [-0.05, 0) is 30.5 Å². The summed E-state index contributed by atoms with van der Waals surface area (Å²) in [6.45, 7) is 0.0963. The molecule has 2 N–H and O–H groups in total. The summed E-state index contributed by atoms with van der Waals surface area (Å²) < 4.78 is 63.1. The van der Waals surface area contributed by atoms with E-state index in [1.54, 1.807) is 18.1 Å². The number of benzene rings is 1. The molecule has 0 spiro atoms. The molecule has 1 aliphatic heterocycles. The molecule has 1 aromatic carbocycles. The molecule has 1 saturated heterocycles. The van der Waals surface area contributed by atoms with Gasteiger partial charge in [-0.1, -0.05) is 12.1 Å². The Morgan fingerprint density at radius 2 is 1.87 bits per heavy atom. The first-order chi connectivity index (χ1) is 14.2. The highest BCUT2D eigenvalue weighted by Gasteiger charge is 2.50. The molecule has 1 aromatic heterocycles. The summed E-state index contributed by atoms with van der Waals surface area (Å²) in [7, 11) is -3.68. The second kappa shape index (κ2) is 10.6. The van der Waals surface area contributed by atoms with Crippen molar-refractivity contribution in [1.82, 2.24) is 29.7 Å². The number of alkyl halides is 3. The fourth-order valence-electron chi connectivity index (χ4n) is 3.07. The Labute approximate surface area is 195 Å². The largest absolute Gasteiger partial charge is 0.511 e. The summed E-state index contributed by atoms with van der Waals surface area (Å²) in [4.78, 5) is 8.02. The third kappa shape index (κ3) is 6.29. The van der Waals surface area contributed by atoms with Crippen molar-refractivity contribution in [2.75, 3.05) is 20.1 Å². The molecule has 2 aromatic rings. The Bertz CT molecular complexity index is 959. The molecule has 0 bridgehead atoms. The Morgan fingerprint density at radius 3 is 2.39 bits per heavy atom. The molecule has 0 saturated carbocycles. The molecule has 2 heterocycles. The molecule has 172 valence electrons. The molecule has 0 atom stereocenters. The summed E-state index contributed by atoms with van der Waals surface area (Å²) in [5, 5.41) is 10.3. The fraction of sp³-hybridized carbons (Fsp3) is 0.471. The average molecular weight is 573 g/mol. The molecule has 1 aliphatic rings. The van der Waals surface area contributed by atoms with Crippen molar-refractivity contribution in [2.45, 2.75) is 30.9 Å². The molecular formula is C17H23F3IN7O2S.